The summed E-state index contributed by atoms with van der Waals surface area (Å²) in [7, 11) is 0. The normalized spacial score (nSPS) is 15.9. The Hall–Kier alpha value is -3.32. The zero-order valence-electron chi connectivity index (χ0n) is 18.0. The number of alkyl halides is 3. The molecule has 0 fully saturated rings. The monoisotopic (exact) mass is 488 g/mol. The largest absolute Gasteiger partial charge is 0.415 e. The predicted molar refractivity (Wildman–Crippen MR) is 109 cm³/mol. The smallest absolute Gasteiger partial charge is 0.376 e. The Labute approximate surface area is 189 Å². The van der Waals surface area contributed by atoms with Gasteiger partial charge in [-0.15, -0.1) is 0 Å². The number of aromatic nitrogens is 1. The van der Waals surface area contributed by atoms with Crippen molar-refractivity contribution in [2.45, 2.75) is 51.2 Å². The molecule has 5 N–H and O–H groups in total. The molecule has 34 heavy (non-hydrogen) atoms. The molecule has 2 atom stereocenters. The highest BCUT2D eigenvalue weighted by Gasteiger charge is 2.56. The standard InChI is InChI=1S/C21H21F5N4O4/c1-9-14(16(31)18(33)29-20(2,19(27)34)21(24,25)26)13-4-3-7-30(13)15(9)17(32)28-10-5-6-11(22)12(23)8-10/h5-6,8,19,34H,3-4,7,27H2,1-2H3,(H,28,32)(H,29,33). The molecule has 3 rings (SSSR count). The van der Waals surface area contributed by atoms with Crippen molar-refractivity contribution in [1.82, 2.24) is 9.88 Å². The zero-order chi connectivity index (χ0) is 25.6. The van der Waals surface area contributed by atoms with E-state index < -0.39 is 47.2 Å². The first kappa shape index (κ1) is 25.3. The van der Waals surface area contributed by atoms with E-state index in [9.17, 15) is 41.4 Å². The molecule has 0 bridgehead atoms. The van der Waals surface area contributed by atoms with E-state index >= 15 is 0 Å². The first-order valence-electron chi connectivity index (χ1n) is 10.0. The Morgan fingerprint density at radius 3 is 2.38 bits per heavy atom. The van der Waals surface area contributed by atoms with Gasteiger partial charge in [-0.1, -0.05) is 0 Å². The number of nitrogens with zero attached hydrogens (tertiary/aromatic N) is 1. The summed E-state index contributed by atoms with van der Waals surface area (Å²) in [5, 5.41) is 13.2. The number of ketones is 1. The second kappa shape index (κ2) is 8.80. The van der Waals surface area contributed by atoms with E-state index in [0.717, 1.165) is 18.2 Å². The third-order valence-electron chi connectivity index (χ3n) is 5.79. The van der Waals surface area contributed by atoms with Gasteiger partial charge in [0.15, 0.2) is 17.2 Å². The van der Waals surface area contributed by atoms with Crippen molar-refractivity contribution in [3.05, 3.63) is 52.3 Å². The summed E-state index contributed by atoms with van der Waals surface area (Å²) in [6.45, 7) is 2.06. The molecule has 8 nitrogen and oxygen atoms in total. The minimum atomic E-state index is -5.18. The number of Topliss-reactive ketones (excluding diaryl/α,β-unsaturated/α-hetero) is 1. The van der Waals surface area contributed by atoms with E-state index in [2.05, 4.69) is 5.32 Å². The molecule has 2 aromatic rings. The van der Waals surface area contributed by atoms with Gasteiger partial charge in [0, 0.05) is 24.0 Å². The first-order chi connectivity index (χ1) is 15.7. The van der Waals surface area contributed by atoms with Crippen LogP contribution in [-0.2, 0) is 17.8 Å². The molecular formula is C21H21F5N4O4. The molecule has 0 aliphatic carbocycles. The number of amides is 2. The quantitative estimate of drug-likeness (QED) is 0.215. The number of benzene rings is 1. The fourth-order valence-electron chi connectivity index (χ4n) is 3.80. The van der Waals surface area contributed by atoms with Crippen LogP contribution in [0.25, 0.3) is 0 Å². The van der Waals surface area contributed by atoms with Gasteiger partial charge in [0.2, 0.25) is 0 Å². The lowest BCUT2D eigenvalue weighted by Crippen LogP contribution is -2.67. The van der Waals surface area contributed by atoms with Gasteiger partial charge >= 0.3 is 6.18 Å². The number of fused-ring (bicyclic) bond motifs is 1. The molecule has 2 unspecified atom stereocenters. The van der Waals surface area contributed by atoms with Crippen molar-refractivity contribution in [3.63, 3.8) is 0 Å². The number of carbonyl (C=O) groups is 3. The SMILES string of the molecule is Cc1c(C(=O)C(=O)NC(C)(C(N)O)C(F)(F)F)c2n(c1C(=O)Nc1ccc(F)c(F)c1)CCC2. The predicted octanol–water partition coefficient (Wildman–Crippen LogP) is 2.17. The summed E-state index contributed by atoms with van der Waals surface area (Å²) in [4.78, 5) is 38.3. The Kier molecular flexibility index (Phi) is 6.55. The topological polar surface area (TPSA) is 126 Å². The number of halogens is 5. The van der Waals surface area contributed by atoms with Crippen LogP contribution in [0.3, 0.4) is 0 Å². The first-order valence-corrected chi connectivity index (χ1v) is 10.0. The molecule has 0 spiro atoms. The number of rotatable bonds is 6. The number of anilines is 1. The maximum atomic E-state index is 13.5. The zero-order valence-corrected chi connectivity index (χ0v) is 18.0. The molecule has 1 aliphatic heterocycles. The van der Waals surface area contributed by atoms with E-state index in [-0.39, 0.29) is 41.2 Å². The highest BCUT2D eigenvalue weighted by Crippen LogP contribution is 2.33. The number of hydrogen-bond donors (Lipinski definition) is 4. The third kappa shape index (κ3) is 4.28. The average Bonchev–Trinajstić information content (AvgIpc) is 3.28. The van der Waals surface area contributed by atoms with Crippen molar-refractivity contribution in [1.29, 1.82) is 0 Å². The lowest BCUT2D eigenvalue weighted by molar-refractivity contribution is -0.217. The van der Waals surface area contributed by atoms with Gasteiger partial charge in [0.05, 0.1) is 5.56 Å². The van der Waals surface area contributed by atoms with E-state index in [1.54, 1.807) is 0 Å². The molecule has 2 amide bonds. The average molecular weight is 488 g/mol. The van der Waals surface area contributed by atoms with Crippen LogP contribution < -0.4 is 16.4 Å². The van der Waals surface area contributed by atoms with Crippen molar-refractivity contribution in [3.8, 4) is 0 Å². The lowest BCUT2D eigenvalue weighted by atomic mass is 9.97. The minimum absolute atomic E-state index is 0.0249. The Morgan fingerprint density at radius 2 is 1.82 bits per heavy atom. The molecule has 1 aliphatic rings. The number of nitrogens with one attached hydrogen (secondary N) is 2. The van der Waals surface area contributed by atoms with Gasteiger partial charge in [-0.25, -0.2) is 8.78 Å². The van der Waals surface area contributed by atoms with Crippen LogP contribution in [0.4, 0.5) is 27.6 Å². The van der Waals surface area contributed by atoms with Gasteiger partial charge in [-0.2, -0.15) is 13.2 Å². The summed E-state index contributed by atoms with van der Waals surface area (Å²) in [6.07, 6.45) is -6.97. The molecule has 2 heterocycles. The van der Waals surface area contributed by atoms with Crippen LogP contribution in [-0.4, -0.2) is 45.2 Å². The molecule has 13 heteroatoms. The van der Waals surface area contributed by atoms with Crippen molar-refractivity contribution >= 4 is 23.3 Å². The lowest BCUT2D eigenvalue weighted by Gasteiger charge is -2.34. The Morgan fingerprint density at radius 1 is 1.18 bits per heavy atom. The number of aliphatic hydroxyl groups is 1. The maximum absolute atomic E-state index is 13.5. The van der Waals surface area contributed by atoms with Crippen LogP contribution >= 0.6 is 0 Å². The second-order valence-corrected chi connectivity index (χ2v) is 8.06. The Balaban J connectivity index is 1.95. The molecular weight excluding hydrogens is 467 g/mol. The van der Waals surface area contributed by atoms with Crippen LogP contribution in [0.2, 0.25) is 0 Å². The molecule has 184 valence electrons. The van der Waals surface area contributed by atoms with E-state index in [1.165, 1.54) is 16.8 Å². The van der Waals surface area contributed by atoms with Crippen molar-refractivity contribution in [2.24, 2.45) is 5.73 Å². The molecule has 1 aromatic heterocycles. The van der Waals surface area contributed by atoms with Crippen molar-refractivity contribution < 1.29 is 41.4 Å². The third-order valence-corrected chi connectivity index (χ3v) is 5.79. The molecule has 0 saturated carbocycles. The fraction of sp³-hybridized carbons (Fsp3) is 0.381. The van der Waals surface area contributed by atoms with E-state index in [0.29, 0.717) is 13.3 Å². The summed E-state index contributed by atoms with van der Waals surface area (Å²) in [5.41, 5.74) is 1.63. The summed E-state index contributed by atoms with van der Waals surface area (Å²) >= 11 is 0. The van der Waals surface area contributed by atoms with E-state index in [1.807, 2.05) is 0 Å². The summed E-state index contributed by atoms with van der Waals surface area (Å²) in [5.74, 6) is -6.11. The van der Waals surface area contributed by atoms with Crippen molar-refractivity contribution in [2.75, 3.05) is 5.32 Å². The number of nitrogens with two attached hydrogens (primary N) is 1. The number of aliphatic hydroxyl groups excluding tert-OH is 1. The maximum Gasteiger partial charge on any atom is 0.415 e. The highest BCUT2D eigenvalue weighted by atomic mass is 19.4. The molecule has 1 aromatic carbocycles. The van der Waals surface area contributed by atoms with Gasteiger partial charge < -0.3 is 26.0 Å². The van der Waals surface area contributed by atoms with Crippen LogP contribution in [0.5, 0.6) is 0 Å². The number of hydrogen-bond acceptors (Lipinski definition) is 5. The summed E-state index contributed by atoms with van der Waals surface area (Å²) in [6, 6.07) is 2.68. The van der Waals surface area contributed by atoms with Gasteiger partial charge in [0.1, 0.15) is 11.9 Å². The van der Waals surface area contributed by atoms with Crippen LogP contribution in [0.15, 0.2) is 18.2 Å². The summed E-state index contributed by atoms with van der Waals surface area (Å²) < 4.78 is 68.2. The molecule has 0 saturated heterocycles. The molecule has 0 radical (unpaired) electrons. The fourth-order valence-corrected chi connectivity index (χ4v) is 3.80. The minimum Gasteiger partial charge on any atom is -0.376 e. The van der Waals surface area contributed by atoms with Crippen LogP contribution in [0, 0.1) is 18.6 Å². The Bertz CT molecular complexity index is 1170. The highest BCUT2D eigenvalue weighted by molar-refractivity contribution is 6.44. The van der Waals surface area contributed by atoms with Gasteiger partial charge in [-0.05, 0) is 44.4 Å². The second-order valence-electron chi connectivity index (χ2n) is 8.06. The number of carbonyl (C=O) groups excluding carboxylic acids is 3. The van der Waals surface area contributed by atoms with E-state index in [4.69, 9.17) is 5.73 Å². The van der Waals surface area contributed by atoms with Gasteiger partial charge in [0.25, 0.3) is 17.6 Å². The van der Waals surface area contributed by atoms with Gasteiger partial charge in [-0.3, -0.25) is 14.4 Å². The van der Waals surface area contributed by atoms with Crippen LogP contribution in [0.1, 0.15) is 45.4 Å².